The summed E-state index contributed by atoms with van der Waals surface area (Å²) in [6.45, 7) is 3.82. The van der Waals surface area contributed by atoms with Gasteiger partial charge in [-0.05, 0) is 18.4 Å². The zero-order chi connectivity index (χ0) is 13.1. The van der Waals surface area contributed by atoms with E-state index in [1.54, 1.807) is 18.4 Å². The third-order valence-corrected chi connectivity index (χ3v) is 3.49. The molecule has 2 heterocycles. The maximum absolute atomic E-state index is 11.5. The molecule has 1 atom stereocenters. The van der Waals surface area contributed by atoms with E-state index in [0.717, 1.165) is 28.3 Å². The van der Waals surface area contributed by atoms with Gasteiger partial charge in [-0.1, -0.05) is 6.92 Å². The predicted octanol–water partition coefficient (Wildman–Crippen LogP) is 1.80. The van der Waals surface area contributed by atoms with Crippen LogP contribution in [0.15, 0.2) is 11.4 Å². The van der Waals surface area contributed by atoms with Crippen molar-refractivity contribution in [2.45, 2.75) is 26.3 Å². The van der Waals surface area contributed by atoms with Gasteiger partial charge in [-0.25, -0.2) is 9.97 Å². The smallest absolute Gasteiger partial charge is 0.241 e. The van der Waals surface area contributed by atoms with Crippen LogP contribution in [0.1, 0.15) is 19.7 Å². The molecular formula is C12H16N4OS. The van der Waals surface area contributed by atoms with Gasteiger partial charge in [-0.15, -0.1) is 11.3 Å². The molecule has 0 radical (unpaired) electrons. The number of anilines is 1. The number of hydrogen-bond acceptors (Lipinski definition) is 5. The highest BCUT2D eigenvalue weighted by atomic mass is 32.1. The quantitative estimate of drug-likeness (QED) is 0.883. The molecule has 2 rings (SSSR count). The van der Waals surface area contributed by atoms with Crippen molar-refractivity contribution in [2.24, 2.45) is 0 Å². The number of nitrogens with one attached hydrogen (secondary N) is 2. The monoisotopic (exact) mass is 264 g/mol. The summed E-state index contributed by atoms with van der Waals surface area (Å²) >= 11 is 1.58. The first-order chi connectivity index (χ1) is 8.65. The summed E-state index contributed by atoms with van der Waals surface area (Å²) in [6.07, 6.45) is 0.775. The largest absolute Gasteiger partial charge is 0.358 e. The van der Waals surface area contributed by atoms with Crippen LogP contribution in [-0.4, -0.2) is 29.0 Å². The molecule has 0 saturated carbocycles. The lowest BCUT2D eigenvalue weighted by Gasteiger charge is -2.14. The van der Waals surface area contributed by atoms with Crippen molar-refractivity contribution in [3.8, 4) is 0 Å². The summed E-state index contributed by atoms with van der Waals surface area (Å²) in [4.78, 5) is 21.4. The number of likely N-dealkylation sites (N-methyl/N-ethyl adjacent to an activating group) is 1. The molecule has 0 fully saturated rings. The molecule has 5 nitrogen and oxygen atoms in total. The molecule has 0 bridgehead atoms. The van der Waals surface area contributed by atoms with Gasteiger partial charge in [0.15, 0.2) is 0 Å². The van der Waals surface area contributed by atoms with E-state index >= 15 is 0 Å². The van der Waals surface area contributed by atoms with Crippen LogP contribution in [0.5, 0.6) is 0 Å². The Morgan fingerprint density at radius 2 is 2.28 bits per heavy atom. The van der Waals surface area contributed by atoms with Crippen LogP contribution in [-0.2, 0) is 11.2 Å². The first kappa shape index (κ1) is 12.8. The maximum Gasteiger partial charge on any atom is 0.241 e. The Bertz CT molecular complexity index is 566. The second kappa shape index (κ2) is 5.30. The summed E-state index contributed by atoms with van der Waals surface area (Å²) in [6, 6.07) is 1.65. The molecular weight excluding hydrogens is 248 g/mol. The van der Waals surface area contributed by atoms with Gasteiger partial charge in [0.25, 0.3) is 0 Å². The van der Waals surface area contributed by atoms with Crippen LogP contribution >= 0.6 is 11.3 Å². The highest BCUT2D eigenvalue weighted by Crippen LogP contribution is 2.25. The number of amides is 1. The highest BCUT2D eigenvalue weighted by molar-refractivity contribution is 7.16. The van der Waals surface area contributed by atoms with Gasteiger partial charge in [-0.2, -0.15) is 0 Å². The number of thiophene rings is 1. The van der Waals surface area contributed by atoms with E-state index in [1.165, 1.54) is 0 Å². The summed E-state index contributed by atoms with van der Waals surface area (Å²) in [7, 11) is 1.62. The van der Waals surface area contributed by atoms with Crippen LogP contribution in [0.2, 0.25) is 0 Å². The molecule has 0 spiro atoms. The van der Waals surface area contributed by atoms with E-state index in [9.17, 15) is 4.79 Å². The maximum atomic E-state index is 11.5. The van der Waals surface area contributed by atoms with Gasteiger partial charge in [0.2, 0.25) is 5.91 Å². The number of carbonyl (C=O) groups excluding carboxylic acids is 1. The summed E-state index contributed by atoms with van der Waals surface area (Å²) in [5.74, 6) is 1.46. The Hall–Kier alpha value is -1.69. The molecule has 0 unspecified atom stereocenters. The number of aryl methyl sites for hydroxylation is 1. The summed E-state index contributed by atoms with van der Waals surface area (Å²) in [5, 5.41) is 8.70. The normalized spacial score (nSPS) is 12.4. The first-order valence-electron chi connectivity index (χ1n) is 5.88. The van der Waals surface area contributed by atoms with Crippen LogP contribution < -0.4 is 10.6 Å². The SMILES string of the molecule is CCc1nc(N[C@H](C)C(=O)NC)c2ccsc2n1. The summed E-state index contributed by atoms with van der Waals surface area (Å²) in [5.41, 5.74) is 0. The highest BCUT2D eigenvalue weighted by Gasteiger charge is 2.14. The average molecular weight is 264 g/mol. The van der Waals surface area contributed by atoms with Crippen molar-refractivity contribution >= 4 is 33.3 Å². The van der Waals surface area contributed by atoms with Crippen LogP contribution in [0.25, 0.3) is 10.2 Å². The zero-order valence-electron chi connectivity index (χ0n) is 10.7. The fourth-order valence-corrected chi connectivity index (χ4v) is 2.44. The standard InChI is InChI=1S/C12H16N4OS/c1-4-9-15-10(14-7(2)11(17)13-3)8-5-6-18-12(8)16-9/h5-7H,4H2,1-3H3,(H,13,17)(H,14,15,16)/t7-/m1/s1. The number of carbonyl (C=O) groups is 1. The topological polar surface area (TPSA) is 66.9 Å². The number of hydrogen-bond donors (Lipinski definition) is 2. The van der Waals surface area contributed by atoms with Gasteiger partial charge in [0.05, 0.1) is 5.39 Å². The average Bonchev–Trinajstić information content (AvgIpc) is 2.85. The Morgan fingerprint density at radius 1 is 1.50 bits per heavy atom. The van der Waals surface area contributed by atoms with Gasteiger partial charge < -0.3 is 10.6 Å². The molecule has 0 saturated heterocycles. The molecule has 1 amide bonds. The molecule has 0 aliphatic carbocycles. The fraction of sp³-hybridized carbons (Fsp3) is 0.417. The van der Waals surface area contributed by atoms with Crippen molar-refractivity contribution in [3.05, 3.63) is 17.3 Å². The van der Waals surface area contributed by atoms with E-state index in [1.807, 2.05) is 25.3 Å². The third-order valence-electron chi connectivity index (χ3n) is 2.68. The number of rotatable bonds is 4. The van der Waals surface area contributed by atoms with Crippen LogP contribution in [0.4, 0.5) is 5.82 Å². The van der Waals surface area contributed by atoms with Crippen molar-refractivity contribution in [2.75, 3.05) is 12.4 Å². The number of fused-ring (bicyclic) bond motifs is 1. The molecule has 0 aliphatic rings. The third kappa shape index (κ3) is 2.43. The van der Waals surface area contributed by atoms with Gasteiger partial charge >= 0.3 is 0 Å². The van der Waals surface area contributed by atoms with Gasteiger partial charge in [0, 0.05) is 13.5 Å². The number of aromatic nitrogens is 2. The van der Waals surface area contributed by atoms with E-state index in [0.29, 0.717) is 0 Å². The molecule has 0 aliphatic heterocycles. The molecule has 2 aromatic heterocycles. The van der Waals surface area contributed by atoms with Crippen molar-refractivity contribution in [3.63, 3.8) is 0 Å². The van der Waals surface area contributed by atoms with Crippen molar-refractivity contribution < 1.29 is 4.79 Å². The lowest BCUT2D eigenvalue weighted by Crippen LogP contribution is -2.35. The Balaban J connectivity index is 2.36. The molecule has 6 heteroatoms. The van der Waals surface area contributed by atoms with Crippen LogP contribution in [0.3, 0.4) is 0 Å². The summed E-state index contributed by atoms with van der Waals surface area (Å²) < 4.78 is 0. The lowest BCUT2D eigenvalue weighted by atomic mass is 10.3. The minimum Gasteiger partial charge on any atom is -0.358 e. The second-order valence-electron chi connectivity index (χ2n) is 3.96. The molecule has 2 aromatic rings. The minimum absolute atomic E-state index is 0.0601. The molecule has 0 aromatic carbocycles. The van der Waals surface area contributed by atoms with Crippen molar-refractivity contribution in [1.82, 2.24) is 15.3 Å². The zero-order valence-corrected chi connectivity index (χ0v) is 11.5. The Labute approximate surface area is 110 Å². The van der Waals surface area contributed by atoms with E-state index in [4.69, 9.17) is 0 Å². The predicted molar refractivity (Wildman–Crippen MR) is 73.9 cm³/mol. The second-order valence-corrected chi connectivity index (χ2v) is 4.86. The van der Waals surface area contributed by atoms with E-state index in [2.05, 4.69) is 20.6 Å². The lowest BCUT2D eigenvalue weighted by molar-refractivity contribution is -0.121. The minimum atomic E-state index is -0.322. The molecule has 18 heavy (non-hydrogen) atoms. The Kier molecular flexibility index (Phi) is 3.76. The molecule has 96 valence electrons. The van der Waals surface area contributed by atoms with Crippen molar-refractivity contribution in [1.29, 1.82) is 0 Å². The van der Waals surface area contributed by atoms with Gasteiger partial charge in [0.1, 0.15) is 22.5 Å². The van der Waals surface area contributed by atoms with E-state index < -0.39 is 0 Å². The van der Waals surface area contributed by atoms with Crippen LogP contribution in [0, 0.1) is 0 Å². The fourth-order valence-electron chi connectivity index (χ4n) is 1.65. The van der Waals surface area contributed by atoms with Gasteiger partial charge in [-0.3, -0.25) is 4.79 Å². The number of nitrogens with zero attached hydrogens (tertiary/aromatic N) is 2. The first-order valence-corrected chi connectivity index (χ1v) is 6.76. The molecule has 2 N–H and O–H groups in total. The van der Waals surface area contributed by atoms with E-state index in [-0.39, 0.29) is 11.9 Å². The Morgan fingerprint density at radius 3 is 2.94 bits per heavy atom.